The van der Waals surface area contributed by atoms with Crippen molar-refractivity contribution in [2.75, 3.05) is 14.2 Å². The molecule has 0 aliphatic heterocycles. The first-order chi connectivity index (χ1) is 4.20. The first kappa shape index (κ1) is 12.8. The average molecular weight is 174 g/mol. The maximum absolute atomic E-state index is 10.3. The molecule has 0 radical (unpaired) electrons. The van der Waals surface area contributed by atoms with E-state index in [1.54, 1.807) is 0 Å². The van der Waals surface area contributed by atoms with E-state index in [0.29, 0.717) is 0 Å². The zero-order valence-electron chi connectivity index (χ0n) is 8.05. The summed E-state index contributed by atoms with van der Waals surface area (Å²) in [7, 11) is 2.43. The maximum atomic E-state index is 10.3. The third-order valence-corrected chi connectivity index (χ3v) is 0.744. The van der Waals surface area contributed by atoms with E-state index >= 15 is 0 Å². The van der Waals surface area contributed by atoms with Crippen LogP contribution in [0.3, 0.4) is 0 Å². The number of hydrogen-bond donors (Lipinski definition) is 0. The van der Waals surface area contributed by atoms with Gasteiger partial charge in [0.2, 0.25) is 0 Å². The quantitative estimate of drug-likeness (QED) is 0.324. The summed E-state index contributed by atoms with van der Waals surface area (Å²) in [5.41, 5.74) is 0. The molecule has 0 rings (SSSR count). The molecule has 0 aromatic heterocycles. The fourth-order valence-electron chi connectivity index (χ4n) is 0.262. The van der Waals surface area contributed by atoms with Gasteiger partial charge in [-0.3, -0.25) is 9.59 Å². The van der Waals surface area contributed by atoms with Crippen molar-refractivity contribution in [3.8, 4) is 0 Å². The van der Waals surface area contributed by atoms with Crippen molar-refractivity contribution in [3.63, 3.8) is 0 Å². The van der Waals surface area contributed by atoms with E-state index in [2.05, 4.69) is 9.47 Å². The van der Waals surface area contributed by atoms with Crippen LogP contribution < -0.4 is 0 Å². The number of rotatable bonds is 2. The van der Waals surface area contributed by atoms with Gasteiger partial charge in [-0.15, -0.1) is 0 Å². The summed E-state index contributed by atoms with van der Waals surface area (Å²) in [6.45, 7) is 0. The Morgan fingerprint density at radius 1 is 1.20 bits per heavy atom. The summed E-state index contributed by atoms with van der Waals surface area (Å²) in [6.07, 6.45) is -0.312. The molecule has 56 valence electrons. The van der Waals surface area contributed by atoms with Gasteiger partial charge in [-0.05, 0) is 0 Å². The van der Waals surface area contributed by atoms with Crippen LogP contribution in [0.2, 0.25) is 0 Å². The molecule has 0 spiro atoms. The fraction of sp³-hybridized carbons (Fsp3) is 0.600. The minimum absolute atomic E-state index is 0. The van der Waals surface area contributed by atoms with Gasteiger partial charge in [0.05, 0.1) is 14.2 Å². The van der Waals surface area contributed by atoms with Gasteiger partial charge in [-0.25, -0.2) is 0 Å². The molecular weight excluding hydrogens is 164 g/mol. The van der Waals surface area contributed by atoms with Crippen LogP contribution in [0.5, 0.6) is 0 Å². The topological polar surface area (TPSA) is 52.6 Å². The van der Waals surface area contributed by atoms with Gasteiger partial charge in [0.25, 0.3) is 0 Å². The molecule has 0 aromatic carbocycles. The van der Waals surface area contributed by atoms with Gasteiger partial charge in [0, 0.05) is 0 Å². The summed E-state index contributed by atoms with van der Waals surface area (Å²) >= 11 is 0. The van der Waals surface area contributed by atoms with Crippen molar-refractivity contribution in [2.24, 2.45) is 0 Å². The molecule has 0 unspecified atom stereocenters. The monoisotopic (exact) mass is 174 g/mol. The van der Waals surface area contributed by atoms with Crippen molar-refractivity contribution >= 4 is 49.7 Å². The fourth-order valence-corrected chi connectivity index (χ4v) is 0.262. The smallest absolute Gasteiger partial charge is 1.00 e. The molecule has 0 fully saturated rings. The van der Waals surface area contributed by atoms with Crippen LogP contribution in [0.1, 0.15) is 9.27 Å². The number of hydrogen-bond acceptors (Lipinski definition) is 4. The summed E-state index contributed by atoms with van der Waals surface area (Å²) in [5, 5.41) is 0. The van der Waals surface area contributed by atoms with Crippen LogP contribution in [0, 0.1) is 0 Å². The molecule has 0 bridgehead atoms. The van der Waals surface area contributed by atoms with E-state index in [1.165, 1.54) is 14.2 Å². The number of ether oxygens (including phenoxy) is 2. The van der Waals surface area contributed by atoms with E-state index in [0.717, 1.165) is 0 Å². The zero-order chi connectivity index (χ0) is 7.28. The molecule has 0 aliphatic carbocycles. The van der Waals surface area contributed by atoms with Gasteiger partial charge in [-0.2, -0.15) is 0 Å². The molecule has 0 aliphatic rings. The van der Waals surface area contributed by atoms with Crippen molar-refractivity contribution in [1.29, 1.82) is 0 Å². The number of carbonyl (C=O) groups is 2. The van der Waals surface area contributed by atoms with Gasteiger partial charge >= 0.3 is 49.7 Å². The summed E-state index contributed by atoms with van der Waals surface area (Å²) in [5.74, 6) is -1.16. The molecule has 0 heterocycles. The Labute approximate surface area is 91.8 Å². The minimum Gasteiger partial charge on any atom is -1.00 e. The molecule has 0 aromatic rings. The Bertz CT molecular complexity index is 117. The predicted molar refractivity (Wildman–Crippen MR) is 36.6 cm³/mol. The molecule has 0 saturated heterocycles. The molecule has 0 saturated carbocycles. The number of esters is 2. The Morgan fingerprint density at radius 3 is 1.70 bits per heavy atom. The van der Waals surface area contributed by atoms with E-state index in [4.69, 9.17) is 0 Å². The third-order valence-electron chi connectivity index (χ3n) is 0.744. The summed E-state index contributed by atoms with van der Waals surface area (Å²) in [6, 6.07) is 0. The van der Waals surface area contributed by atoms with Gasteiger partial charge < -0.3 is 12.3 Å². The predicted octanol–water partition coefficient (Wildman–Crippen LogP) is -0.433. The van der Waals surface area contributed by atoms with Crippen LogP contribution in [0.25, 0.3) is 0 Å². The summed E-state index contributed by atoms with van der Waals surface area (Å²) < 4.78 is 8.37. The molecule has 5 heteroatoms. The van der Waals surface area contributed by atoms with Crippen molar-refractivity contribution in [2.45, 2.75) is 6.42 Å². The van der Waals surface area contributed by atoms with Crippen LogP contribution in [0.15, 0.2) is 0 Å². The average Bonchev–Trinajstić information content (AvgIpc) is 1.87. The third kappa shape index (κ3) is 6.32. The van der Waals surface area contributed by atoms with E-state index in [1.807, 2.05) is 0 Å². The Balaban J connectivity index is -0.000000107. The molecule has 4 nitrogen and oxygen atoms in total. The number of carbonyl (C=O) groups excluding carboxylic acids is 2. The standard InChI is InChI=1S/C5H8O4.Ca.2H/c1-8-4(6)3-5(7)9-2;;;/h3H2,1-2H3;;;/q;+2;2*-1. The molecule has 0 amide bonds. The molecule has 0 atom stereocenters. The largest absolute Gasteiger partial charge is 2.00 e. The second-order valence-electron chi connectivity index (χ2n) is 1.33. The number of methoxy groups -OCH3 is 2. The summed E-state index contributed by atoms with van der Waals surface area (Å²) in [4.78, 5) is 20.5. The normalized spacial score (nSPS) is 7.40. The molecular formula is C5H10CaO4. The SMILES string of the molecule is COC(=O)CC(=O)OC.[Ca+2].[H-].[H-]. The molecule has 0 N–H and O–H groups in total. The van der Waals surface area contributed by atoms with Gasteiger partial charge in [0.15, 0.2) is 0 Å². The second-order valence-corrected chi connectivity index (χ2v) is 1.33. The van der Waals surface area contributed by atoms with Crippen molar-refractivity contribution < 1.29 is 21.9 Å². The van der Waals surface area contributed by atoms with Crippen molar-refractivity contribution in [3.05, 3.63) is 0 Å². The minimum atomic E-state index is -0.582. The van der Waals surface area contributed by atoms with E-state index in [9.17, 15) is 9.59 Å². The van der Waals surface area contributed by atoms with Crippen LogP contribution in [-0.4, -0.2) is 63.9 Å². The van der Waals surface area contributed by atoms with Crippen LogP contribution >= 0.6 is 0 Å². The Kier molecular flexibility index (Phi) is 9.38. The maximum Gasteiger partial charge on any atom is 2.00 e. The van der Waals surface area contributed by atoms with Crippen molar-refractivity contribution in [1.82, 2.24) is 0 Å². The van der Waals surface area contributed by atoms with Crippen LogP contribution in [0.4, 0.5) is 0 Å². The van der Waals surface area contributed by atoms with Gasteiger partial charge in [0.1, 0.15) is 6.42 Å². The first-order valence-corrected chi connectivity index (χ1v) is 2.34. The van der Waals surface area contributed by atoms with E-state index in [-0.39, 0.29) is 47.0 Å². The van der Waals surface area contributed by atoms with E-state index < -0.39 is 11.9 Å². The van der Waals surface area contributed by atoms with Crippen LogP contribution in [-0.2, 0) is 19.1 Å². The first-order valence-electron chi connectivity index (χ1n) is 2.34. The Hall–Kier alpha value is 0.200. The molecule has 10 heavy (non-hydrogen) atoms. The Morgan fingerprint density at radius 2 is 1.50 bits per heavy atom. The van der Waals surface area contributed by atoms with Gasteiger partial charge in [-0.1, -0.05) is 0 Å². The zero-order valence-corrected chi connectivity index (χ0v) is 8.26. The second kappa shape index (κ2) is 7.31.